The van der Waals surface area contributed by atoms with E-state index in [-0.39, 0.29) is 0 Å². The summed E-state index contributed by atoms with van der Waals surface area (Å²) in [6.07, 6.45) is 0. The standard InChI is InChI=1S/C13H24OS/c1-12(2,3)9-8-7-14-11(15-8)10(9)13(4,5)6/h8-11H,7H2,1-6H3. The first-order valence-electron chi connectivity index (χ1n) is 5.98. The van der Waals surface area contributed by atoms with Crippen LogP contribution < -0.4 is 0 Å². The third-order valence-electron chi connectivity index (χ3n) is 3.81. The highest BCUT2D eigenvalue weighted by Crippen LogP contribution is 2.59. The van der Waals surface area contributed by atoms with Crippen molar-refractivity contribution in [3.63, 3.8) is 0 Å². The van der Waals surface area contributed by atoms with Crippen molar-refractivity contribution in [3.8, 4) is 0 Å². The highest BCUT2D eigenvalue weighted by molar-refractivity contribution is 8.00. The van der Waals surface area contributed by atoms with E-state index in [9.17, 15) is 0 Å². The fraction of sp³-hybridized carbons (Fsp3) is 1.00. The van der Waals surface area contributed by atoms with E-state index in [1.54, 1.807) is 0 Å². The topological polar surface area (TPSA) is 9.23 Å². The molecule has 2 heteroatoms. The van der Waals surface area contributed by atoms with Crippen molar-refractivity contribution < 1.29 is 4.74 Å². The van der Waals surface area contributed by atoms with Crippen molar-refractivity contribution in [2.24, 2.45) is 22.7 Å². The van der Waals surface area contributed by atoms with Crippen molar-refractivity contribution in [1.29, 1.82) is 0 Å². The molecule has 0 amide bonds. The lowest BCUT2D eigenvalue weighted by Gasteiger charge is -2.45. The number of hydrogen-bond donors (Lipinski definition) is 0. The van der Waals surface area contributed by atoms with Gasteiger partial charge in [-0.2, -0.15) is 0 Å². The molecule has 0 saturated carbocycles. The number of rotatable bonds is 0. The lowest BCUT2D eigenvalue weighted by molar-refractivity contribution is -0.0572. The maximum absolute atomic E-state index is 5.88. The van der Waals surface area contributed by atoms with E-state index in [1.807, 2.05) is 0 Å². The summed E-state index contributed by atoms with van der Waals surface area (Å²) in [4.78, 5) is 0. The molecular formula is C13H24OS. The molecule has 0 radical (unpaired) electrons. The third kappa shape index (κ3) is 1.95. The van der Waals surface area contributed by atoms with Gasteiger partial charge in [-0.15, -0.1) is 11.8 Å². The van der Waals surface area contributed by atoms with Crippen LogP contribution >= 0.6 is 11.8 Å². The van der Waals surface area contributed by atoms with Gasteiger partial charge in [-0.05, 0) is 16.7 Å². The number of hydrogen-bond acceptors (Lipinski definition) is 2. The number of ether oxygens (including phenoxy) is 1. The summed E-state index contributed by atoms with van der Waals surface area (Å²) in [5.74, 6) is 1.52. The van der Waals surface area contributed by atoms with E-state index in [4.69, 9.17) is 4.74 Å². The first kappa shape index (κ1) is 11.8. The molecular weight excluding hydrogens is 204 g/mol. The summed E-state index contributed by atoms with van der Waals surface area (Å²) in [5.41, 5.74) is 1.23. The maximum Gasteiger partial charge on any atom is 0.107 e. The van der Waals surface area contributed by atoms with Crippen molar-refractivity contribution in [3.05, 3.63) is 0 Å². The molecule has 0 aliphatic carbocycles. The number of fused-ring (bicyclic) bond motifs is 2. The zero-order chi connectivity index (χ0) is 11.4. The van der Waals surface area contributed by atoms with Crippen molar-refractivity contribution in [1.82, 2.24) is 0 Å². The molecule has 0 aromatic heterocycles. The van der Waals surface area contributed by atoms with Gasteiger partial charge in [-0.1, -0.05) is 41.5 Å². The van der Waals surface area contributed by atoms with Gasteiger partial charge in [-0.25, -0.2) is 0 Å². The summed E-state index contributed by atoms with van der Waals surface area (Å²) in [7, 11) is 0. The van der Waals surface area contributed by atoms with Gasteiger partial charge in [0.2, 0.25) is 0 Å². The average molecular weight is 228 g/mol. The van der Waals surface area contributed by atoms with Crippen LogP contribution in [0.1, 0.15) is 41.5 Å². The van der Waals surface area contributed by atoms with Crippen LogP contribution in [0.2, 0.25) is 0 Å². The molecule has 2 aliphatic heterocycles. The van der Waals surface area contributed by atoms with Crippen molar-refractivity contribution >= 4 is 11.8 Å². The van der Waals surface area contributed by atoms with E-state index in [0.717, 1.165) is 17.8 Å². The van der Waals surface area contributed by atoms with Crippen LogP contribution in [0.15, 0.2) is 0 Å². The molecule has 2 fully saturated rings. The Morgan fingerprint density at radius 1 is 0.933 bits per heavy atom. The molecule has 0 spiro atoms. The molecule has 0 aromatic carbocycles. The second-order valence-electron chi connectivity index (χ2n) is 7.16. The van der Waals surface area contributed by atoms with E-state index >= 15 is 0 Å². The molecule has 2 rings (SSSR count). The summed E-state index contributed by atoms with van der Waals surface area (Å²) in [6, 6.07) is 0. The van der Waals surface area contributed by atoms with Crippen LogP contribution in [-0.4, -0.2) is 17.3 Å². The van der Waals surface area contributed by atoms with Gasteiger partial charge in [0, 0.05) is 11.2 Å². The number of thioether (sulfide) groups is 1. The quantitative estimate of drug-likeness (QED) is 0.624. The van der Waals surface area contributed by atoms with Gasteiger partial charge >= 0.3 is 0 Å². The lowest BCUT2D eigenvalue weighted by Crippen LogP contribution is -2.45. The smallest absolute Gasteiger partial charge is 0.107 e. The third-order valence-corrected chi connectivity index (χ3v) is 5.29. The molecule has 1 nitrogen and oxygen atoms in total. The Morgan fingerprint density at radius 2 is 1.47 bits per heavy atom. The van der Waals surface area contributed by atoms with Gasteiger partial charge < -0.3 is 4.74 Å². The molecule has 4 unspecified atom stereocenters. The van der Waals surface area contributed by atoms with Gasteiger partial charge in [0.1, 0.15) is 5.44 Å². The summed E-state index contributed by atoms with van der Waals surface area (Å²) in [5, 5.41) is 0.735. The molecule has 0 N–H and O–H groups in total. The SMILES string of the molecule is CC(C)(C)C1C2COC(S2)C1C(C)(C)C. The molecule has 15 heavy (non-hydrogen) atoms. The first-order valence-corrected chi connectivity index (χ1v) is 6.92. The average Bonchev–Trinajstić information content (AvgIpc) is 2.56. The fourth-order valence-electron chi connectivity index (χ4n) is 3.26. The molecule has 2 heterocycles. The normalized spacial score (nSPS) is 41.2. The molecule has 2 bridgehead atoms. The maximum atomic E-state index is 5.88. The Kier molecular flexibility index (Phi) is 2.67. The second-order valence-corrected chi connectivity index (χ2v) is 8.50. The summed E-state index contributed by atoms with van der Waals surface area (Å²) >= 11 is 2.08. The Balaban J connectivity index is 2.28. The molecule has 4 atom stereocenters. The molecule has 88 valence electrons. The van der Waals surface area contributed by atoms with E-state index in [2.05, 4.69) is 53.3 Å². The highest BCUT2D eigenvalue weighted by Gasteiger charge is 2.56. The van der Waals surface area contributed by atoms with Gasteiger partial charge in [0.05, 0.1) is 6.61 Å². The van der Waals surface area contributed by atoms with Crippen LogP contribution in [0, 0.1) is 22.7 Å². The van der Waals surface area contributed by atoms with Gasteiger partial charge in [-0.3, -0.25) is 0 Å². The largest absolute Gasteiger partial charge is 0.366 e. The Labute approximate surface area is 98.3 Å². The van der Waals surface area contributed by atoms with E-state index in [0.29, 0.717) is 22.2 Å². The fourth-order valence-corrected chi connectivity index (χ4v) is 5.41. The van der Waals surface area contributed by atoms with Gasteiger partial charge in [0.15, 0.2) is 0 Å². The Bertz CT molecular complexity index is 222. The summed E-state index contributed by atoms with van der Waals surface area (Å²) in [6.45, 7) is 15.2. The first-order chi connectivity index (χ1) is 6.71. The Hall–Kier alpha value is 0.310. The second kappa shape index (κ2) is 3.40. The zero-order valence-corrected chi connectivity index (χ0v) is 11.6. The predicted molar refractivity (Wildman–Crippen MR) is 67.0 cm³/mol. The Morgan fingerprint density at radius 3 is 1.87 bits per heavy atom. The van der Waals surface area contributed by atoms with Crippen LogP contribution in [0.4, 0.5) is 0 Å². The minimum absolute atomic E-state index is 0.366. The zero-order valence-electron chi connectivity index (χ0n) is 10.8. The van der Waals surface area contributed by atoms with Crippen LogP contribution in [-0.2, 0) is 4.74 Å². The van der Waals surface area contributed by atoms with E-state index < -0.39 is 0 Å². The minimum Gasteiger partial charge on any atom is -0.366 e. The highest BCUT2D eigenvalue weighted by atomic mass is 32.2. The van der Waals surface area contributed by atoms with Crippen LogP contribution in [0.5, 0.6) is 0 Å². The van der Waals surface area contributed by atoms with Crippen molar-refractivity contribution in [2.45, 2.75) is 52.2 Å². The van der Waals surface area contributed by atoms with Gasteiger partial charge in [0.25, 0.3) is 0 Å². The minimum atomic E-state index is 0.366. The molecule has 2 saturated heterocycles. The molecule has 2 aliphatic rings. The van der Waals surface area contributed by atoms with Crippen LogP contribution in [0.25, 0.3) is 0 Å². The lowest BCUT2D eigenvalue weighted by atomic mass is 9.63. The molecule has 0 aromatic rings. The van der Waals surface area contributed by atoms with Crippen molar-refractivity contribution in [2.75, 3.05) is 6.61 Å². The van der Waals surface area contributed by atoms with E-state index in [1.165, 1.54) is 0 Å². The monoisotopic (exact) mass is 228 g/mol. The van der Waals surface area contributed by atoms with Crippen LogP contribution in [0.3, 0.4) is 0 Å². The summed E-state index contributed by atoms with van der Waals surface area (Å²) < 4.78 is 5.88. The predicted octanol–water partition coefficient (Wildman–Crippen LogP) is 3.78.